The van der Waals surface area contributed by atoms with Crippen LogP contribution in [-0.4, -0.2) is 44.8 Å². The molecule has 0 amide bonds. The highest BCUT2D eigenvalue weighted by molar-refractivity contribution is 6.09. The smallest absolute Gasteiger partial charge is 0.335 e. The topological polar surface area (TPSA) is 97.2 Å². The predicted molar refractivity (Wildman–Crippen MR) is 106 cm³/mol. The molecule has 0 bridgehead atoms. The van der Waals surface area contributed by atoms with Crippen LogP contribution in [0.15, 0.2) is 24.4 Å². The minimum atomic E-state index is -0.957. The lowest BCUT2D eigenvalue weighted by Crippen LogP contribution is -2.09. The van der Waals surface area contributed by atoms with Crippen molar-refractivity contribution in [3.63, 3.8) is 0 Å². The highest BCUT2D eigenvalue weighted by Gasteiger charge is 2.24. The molecule has 5 rings (SSSR count). The lowest BCUT2D eigenvalue weighted by molar-refractivity contribution is 0.0697. The van der Waals surface area contributed by atoms with Crippen molar-refractivity contribution < 1.29 is 14.6 Å². The summed E-state index contributed by atoms with van der Waals surface area (Å²) in [5.41, 5.74) is 1.68. The first-order chi connectivity index (χ1) is 13.7. The lowest BCUT2D eigenvalue weighted by atomic mass is 10.1. The third-order valence-corrected chi connectivity index (χ3v) is 5.46. The fourth-order valence-corrected chi connectivity index (χ4v) is 3.76. The van der Waals surface area contributed by atoms with Gasteiger partial charge in [0.25, 0.3) is 0 Å². The van der Waals surface area contributed by atoms with Crippen LogP contribution in [0.25, 0.3) is 21.8 Å². The average molecular weight is 378 g/mol. The van der Waals surface area contributed by atoms with Gasteiger partial charge in [0.15, 0.2) is 5.82 Å². The van der Waals surface area contributed by atoms with E-state index in [-0.39, 0.29) is 5.56 Å². The van der Waals surface area contributed by atoms with E-state index >= 15 is 0 Å². The number of anilines is 1. The fourth-order valence-electron chi connectivity index (χ4n) is 3.76. The number of carboxylic acid groups (broad SMARTS) is 1. The van der Waals surface area contributed by atoms with E-state index in [1.165, 1.54) is 0 Å². The summed E-state index contributed by atoms with van der Waals surface area (Å²) in [5.74, 6) is 0.555. The van der Waals surface area contributed by atoms with Crippen LogP contribution in [0.5, 0.6) is 0 Å². The first-order valence-corrected chi connectivity index (χ1v) is 9.88. The lowest BCUT2D eigenvalue weighted by Gasteiger charge is -2.12. The van der Waals surface area contributed by atoms with Crippen molar-refractivity contribution in [1.82, 2.24) is 15.0 Å². The van der Waals surface area contributed by atoms with Gasteiger partial charge in [0.1, 0.15) is 11.3 Å². The Morgan fingerprint density at radius 3 is 2.86 bits per heavy atom. The Labute approximate surface area is 162 Å². The number of rotatable bonds is 6. The number of aromatic carboxylic acids is 1. The van der Waals surface area contributed by atoms with Crippen LogP contribution in [0.4, 0.5) is 5.82 Å². The van der Waals surface area contributed by atoms with Crippen molar-refractivity contribution in [1.29, 1.82) is 0 Å². The molecule has 2 aromatic heterocycles. The van der Waals surface area contributed by atoms with E-state index < -0.39 is 5.97 Å². The maximum atomic E-state index is 11.3. The predicted octanol–water partition coefficient (Wildman–Crippen LogP) is 3.56. The van der Waals surface area contributed by atoms with Crippen molar-refractivity contribution in [2.75, 3.05) is 11.9 Å². The normalized spacial score (nSPS) is 19.4. The van der Waals surface area contributed by atoms with E-state index in [0.29, 0.717) is 23.5 Å². The number of nitrogens with zero attached hydrogens (tertiary/aromatic N) is 3. The molecule has 1 saturated heterocycles. The number of hydrogen-bond acceptors (Lipinski definition) is 6. The standard InChI is InChI=1S/C21H22N4O3/c26-21(27)12-3-7-15-16-11-22-18(8-6-14-2-1-9-28-14)25-19(16)20(23-13-4-5-13)24-17(15)10-12/h3,7,10-11,13-14H,1-2,4-6,8-9H2,(H,23,24)(H,26,27). The minimum Gasteiger partial charge on any atom is -0.478 e. The third kappa shape index (κ3) is 3.38. The van der Waals surface area contributed by atoms with Crippen LogP contribution in [0.1, 0.15) is 48.3 Å². The van der Waals surface area contributed by atoms with Gasteiger partial charge in [0.2, 0.25) is 0 Å². The zero-order valence-corrected chi connectivity index (χ0v) is 15.5. The summed E-state index contributed by atoms with van der Waals surface area (Å²) in [5, 5.41) is 14.5. The molecule has 1 aliphatic carbocycles. The molecule has 2 aliphatic rings. The molecular formula is C21H22N4O3. The van der Waals surface area contributed by atoms with Gasteiger partial charge in [-0.3, -0.25) is 0 Å². The number of carbonyl (C=O) groups is 1. The first kappa shape index (κ1) is 17.3. The van der Waals surface area contributed by atoms with Crippen molar-refractivity contribution in [3.8, 4) is 0 Å². The Kier molecular flexibility index (Phi) is 4.31. The maximum absolute atomic E-state index is 11.3. The Morgan fingerprint density at radius 2 is 2.11 bits per heavy atom. The zero-order chi connectivity index (χ0) is 19.1. The molecule has 0 spiro atoms. The molecule has 0 radical (unpaired) electrons. The van der Waals surface area contributed by atoms with E-state index in [2.05, 4.69) is 10.3 Å². The summed E-state index contributed by atoms with van der Waals surface area (Å²) in [6.45, 7) is 0.854. The Balaban J connectivity index is 1.56. The van der Waals surface area contributed by atoms with E-state index in [1.807, 2.05) is 6.20 Å². The minimum absolute atomic E-state index is 0.228. The number of ether oxygens (including phenoxy) is 1. The zero-order valence-electron chi connectivity index (χ0n) is 15.5. The number of fused-ring (bicyclic) bond motifs is 3. The van der Waals surface area contributed by atoms with Gasteiger partial charge >= 0.3 is 5.97 Å². The quantitative estimate of drug-likeness (QED) is 0.633. The van der Waals surface area contributed by atoms with Gasteiger partial charge in [-0.15, -0.1) is 0 Å². The van der Waals surface area contributed by atoms with Crippen LogP contribution >= 0.6 is 0 Å². The Bertz CT molecular complexity index is 1060. The van der Waals surface area contributed by atoms with Crippen LogP contribution in [0.3, 0.4) is 0 Å². The summed E-state index contributed by atoms with van der Waals surface area (Å²) in [6.07, 6.45) is 8.34. The Morgan fingerprint density at radius 1 is 1.21 bits per heavy atom. The molecule has 1 atom stereocenters. The molecule has 1 aromatic carbocycles. The van der Waals surface area contributed by atoms with Gasteiger partial charge < -0.3 is 15.2 Å². The molecule has 3 heterocycles. The van der Waals surface area contributed by atoms with Crippen molar-refractivity contribution >= 4 is 33.6 Å². The summed E-state index contributed by atoms with van der Waals surface area (Å²) < 4.78 is 5.71. The van der Waals surface area contributed by atoms with Crippen molar-refractivity contribution in [3.05, 3.63) is 35.8 Å². The SMILES string of the molecule is O=C(O)c1ccc2c(c1)nc(NC1CC1)c1nc(CCC3CCCO3)ncc12. The number of hydrogen-bond donors (Lipinski definition) is 2. The number of pyridine rings is 1. The molecule has 144 valence electrons. The van der Waals surface area contributed by atoms with Crippen molar-refractivity contribution in [2.45, 2.75) is 50.7 Å². The fraction of sp³-hybridized carbons (Fsp3) is 0.429. The second kappa shape index (κ2) is 6.98. The summed E-state index contributed by atoms with van der Waals surface area (Å²) in [7, 11) is 0. The molecule has 28 heavy (non-hydrogen) atoms. The average Bonchev–Trinajstić information content (AvgIpc) is 3.36. The largest absolute Gasteiger partial charge is 0.478 e. The molecule has 2 fully saturated rings. The van der Waals surface area contributed by atoms with Gasteiger partial charge in [0, 0.05) is 36.0 Å². The maximum Gasteiger partial charge on any atom is 0.335 e. The highest BCUT2D eigenvalue weighted by atomic mass is 16.5. The first-order valence-electron chi connectivity index (χ1n) is 9.88. The monoisotopic (exact) mass is 378 g/mol. The second-order valence-corrected chi connectivity index (χ2v) is 7.64. The van der Waals surface area contributed by atoms with Crippen LogP contribution in [0.2, 0.25) is 0 Å². The van der Waals surface area contributed by atoms with Gasteiger partial charge in [-0.2, -0.15) is 0 Å². The number of aryl methyl sites for hydroxylation is 1. The molecule has 7 nitrogen and oxygen atoms in total. The van der Waals surface area contributed by atoms with Crippen LogP contribution < -0.4 is 5.32 Å². The van der Waals surface area contributed by atoms with Gasteiger partial charge in [0.05, 0.1) is 17.2 Å². The van der Waals surface area contributed by atoms with Crippen LogP contribution in [-0.2, 0) is 11.2 Å². The summed E-state index contributed by atoms with van der Waals surface area (Å²) in [4.78, 5) is 25.4. The van der Waals surface area contributed by atoms with E-state index in [1.54, 1.807) is 18.2 Å². The summed E-state index contributed by atoms with van der Waals surface area (Å²) >= 11 is 0. The second-order valence-electron chi connectivity index (χ2n) is 7.64. The van der Waals surface area contributed by atoms with E-state index in [9.17, 15) is 9.90 Å². The molecule has 2 N–H and O–H groups in total. The Hall–Kier alpha value is -2.80. The third-order valence-electron chi connectivity index (χ3n) is 5.46. The number of carboxylic acids is 1. The highest BCUT2D eigenvalue weighted by Crippen LogP contribution is 2.32. The van der Waals surface area contributed by atoms with Crippen LogP contribution in [0, 0.1) is 0 Å². The van der Waals surface area contributed by atoms with E-state index in [4.69, 9.17) is 14.7 Å². The number of aromatic nitrogens is 3. The molecule has 7 heteroatoms. The molecule has 1 unspecified atom stereocenters. The van der Waals surface area contributed by atoms with Gasteiger partial charge in [-0.25, -0.2) is 19.7 Å². The van der Waals surface area contributed by atoms with Crippen molar-refractivity contribution in [2.24, 2.45) is 0 Å². The molecule has 1 saturated carbocycles. The number of nitrogens with one attached hydrogen (secondary N) is 1. The molecule has 3 aromatic rings. The molecule has 1 aliphatic heterocycles. The molecular weight excluding hydrogens is 356 g/mol. The van der Waals surface area contributed by atoms with Gasteiger partial charge in [-0.05, 0) is 44.2 Å². The van der Waals surface area contributed by atoms with Gasteiger partial charge in [-0.1, -0.05) is 6.07 Å². The van der Waals surface area contributed by atoms with E-state index in [0.717, 1.165) is 67.2 Å². The summed E-state index contributed by atoms with van der Waals surface area (Å²) in [6, 6.07) is 5.43. The number of benzene rings is 1.